The van der Waals surface area contributed by atoms with Crippen LogP contribution in [0.2, 0.25) is 0 Å². The molecule has 0 aliphatic heterocycles. The third-order valence-corrected chi connectivity index (χ3v) is 4.48. The molecule has 0 aliphatic carbocycles. The fraction of sp³-hybridized carbons (Fsp3) is 0.227. The average molecular weight is 375 g/mol. The van der Waals surface area contributed by atoms with Gasteiger partial charge in [-0.05, 0) is 67.9 Å². The molecular weight excluding hydrogens is 350 g/mol. The number of nitrogens with zero attached hydrogens (tertiary/aromatic N) is 3. The molecule has 0 radical (unpaired) electrons. The van der Waals surface area contributed by atoms with E-state index in [9.17, 15) is 4.79 Å². The topological polar surface area (TPSA) is 70.2 Å². The van der Waals surface area contributed by atoms with Crippen molar-refractivity contribution in [2.24, 2.45) is 0 Å². The predicted octanol–water partition coefficient (Wildman–Crippen LogP) is 4.00. The minimum absolute atomic E-state index is 0.202. The summed E-state index contributed by atoms with van der Waals surface area (Å²) >= 11 is 0. The van der Waals surface area contributed by atoms with E-state index < -0.39 is 0 Å². The van der Waals surface area contributed by atoms with E-state index in [4.69, 9.17) is 0 Å². The largest absolute Gasteiger partial charge is 0.372 e. The van der Waals surface area contributed by atoms with Crippen LogP contribution in [0.5, 0.6) is 0 Å². The first-order valence-electron chi connectivity index (χ1n) is 9.44. The van der Waals surface area contributed by atoms with Crippen molar-refractivity contribution in [3.8, 4) is 0 Å². The van der Waals surface area contributed by atoms with E-state index in [0.29, 0.717) is 12.2 Å². The van der Waals surface area contributed by atoms with Crippen LogP contribution < -0.4 is 15.5 Å². The van der Waals surface area contributed by atoms with Gasteiger partial charge in [0.05, 0.1) is 11.9 Å². The molecule has 0 atom stereocenters. The maximum Gasteiger partial charge on any atom is 0.270 e. The highest BCUT2D eigenvalue weighted by molar-refractivity contribution is 5.92. The Kier molecular flexibility index (Phi) is 6.57. The Hall–Kier alpha value is -3.41. The van der Waals surface area contributed by atoms with Crippen molar-refractivity contribution in [1.82, 2.24) is 15.3 Å². The second kappa shape index (κ2) is 9.50. The van der Waals surface area contributed by atoms with Gasteiger partial charge in [0.15, 0.2) is 0 Å². The molecule has 1 aromatic carbocycles. The molecule has 0 spiro atoms. The van der Waals surface area contributed by atoms with E-state index in [1.54, 1.807) is 24.7 Å². The van der Waals surface area contributed by atoms with E-state index in [1.807, 2.05) is 30.3 Å². The first-order valence-corrected chi connectivity index (χ1v) is 9.44. The van der Waals surface area contributed by atoms with Crippen LogP contribution in [0.25, 0.3) is 0 Å². The van der Waals surface area contributed by atoms with Crippen molar-refractivity contribution in [3.05, 3.63) is 78.4 Å². The lowest BCUT2D eigenvalue weighted by Crippen LogP contribution is -2.23. The first-order chi connectivity index (χ1) is 13.7. The molecular formula is C22H25N5O. The standard InChI is InChI=1S/C22H25N5O/c1-3-27(4-2)20-8-5-18(6-9-20)26-19-7-10-21(24-16-19)22(28)25-15-17-11-13-23-14-12-17/h5-14,16,26H,3-4,15H2,1-2H3,(H,25,28). The van der Waals surface area contributed by atoms with Gasteiger partial charge in [-0.15, -0.1) is 0 Å². The van der Waals surface area contributed by atoms with Crippen molar-refractivity contribution in [2.45, 2.75) is 20.4 Å². The molecule has 6 nitrogen and oxygen atoms in total. The highest BCUT2D eigenvalue weighted by Gasteiger charge is 2.07. The molecule has 0 bridgehead atoms. The van der Waals surface area contributed by atoms with Crippen LogP contribution in [0.1, 0.15) is 29.9 Å². The normalized spacial score (nSPS) is 10.4. The third-order valence-electron chi connectivity index (χ3n) is 4.48. The zero-order chi connectivity index (χ0) is 19.8. The smallest absolute Gasteiger partial charge is 0.270 e. The van der Waals surface area contributed by atoms with Crippen LogP contribution in [0.15, 0.2) is 67.1 Å². The maximum absolute atomic E-state index is 12.2. The molecule has 144 valence electrons. The number of hydrogen-bond donors (Lipinski definition) is 2. The summed E-state index contributed by atoms with van der Waals surface area (Å²) in [5.41, 5.74) is 4.40. The lowest BCUT2D eigenvalue weighted by molar-refractivity contribution is 0.0946. The number of nitrogens with one attached hydrogen (secondary N) is 2. The molecule has 2 heterocycles. The zero-order valence-corrected chi connectivity index (χ0v) is 16.2. The summed E-state index contributed by atoms with van der Waals surface area (Å²) in [6, 6.07) is 15.6. The molecule has 0 saturated carbocycles. The highest BCUT2D eigenvalue weighted by Crippen LogP contribution is 2.21. The van der Waals surface area contributed by atoms with Crippen molar-refractivity contribution in [2.75, 3.05) is 23.3 Å². The third kappa shape index (κ3) is 5.07. The number of carbonyl (C=O) groups is 1. The first kappa shape index (κ1) is 19.4. The minimum Gasteiger partial charge on any atom is -0.372 e. The number of carbonyl (C=O) groups excluding carboxylic acids is 1. The molecule has 2 N–H and O–H groups in total. The summed E-state index contributed by atoms with van der Waals surface area (Å²) in [5.74, 6) is -0.202. The van der Waals surface area contributed by atoms with Gasteiger partial charge in [-0.1, -0.05) is 0 Å². The Morgan fingerprint density at radius 3 is 2.21 bits per heavy atom. The molecule has 6 heteroatoms. The summed E-state index contributed by atoms with van der Waals surface area (Å²) in [7, 11) is 0. The van der Waals surface area contributed by atoms with Crippen LogP contribution in [0.4, 0.5) is 17.1 Å². The number of rotatable bonds is 8. The fourth-order valence-electron chi connectivity index (χ4n) is 2.89. The average Bonchev–Trinajstić information content (AvgIpc) is 2.75. The molecule has 0 fully saturated rings. The van der Waals surface area contributed by atoms with E-state index in [1.165, 1.54) is 5.69 Å². The van der Waals surface area contributed by atoms with Gasteiger partial charge in [-0.2, -0.15) is 0 Å². The molecule has 1 amide bonds. The molecule has 3 rings (SSSR count). The van der Waals surface area contributed by atoms with Crippen LogP contribution >= 0.6 is 0 Å². The highest BCUT2D eigenvalue weighted by atomic mass is 16.1. The number of anilines is 3. The van der Waals surface area contributed by atoms with Crippen LogP contribution in [-0.2, 0) is 6.54 Å². The summed E-state index contributed by atoms with van der Waals surface area (Å²) < 4.78 is 0. The van der Waals surface area contributed by atoms with Gasteiger partial charge in [0.1, 0.15) is 5.69 Å². The van der Waals surface area contributed by atoms with Crippen LogP contribution in [-0.4, -0.2) is 29.0 Å². The molecule has 3 aromatic rings. The lowest BCUT2D eigenvalue weighted by Gasteiger charge is -2.21. The van der Waals surface area contributed by atoms with Gasteiger partial charge in [-0.25, -0.2) is 4.98 Å². The van der Waals surface area contributed by atoms with Gasteiger partial charge < -0.3 is 15.5 Å². The summed E-state index contributed by atoms with van der Waals surface area (Å²) in [6.07, 6.45) is 5.07. The van der Waals surface area contributed by atoms with E-state index in [2.05, 4.69) is 51.5 Å². The Morgan fingerprint density at radius 2 is 1.61 bits per heavy atom. The van der Waals surface area contributed by atoms with Gasteiger partial charge >= 0.3 is 0 Å². The second-order valence-corrected chi connectivity index (χ2v) is 6.31. The Labute approximate surface area is 165 Å². The molecule has 0 aliphatic rings. The van der Waals surface area contributed by atoms with E-state index in [-0.39, 0.29) is 5.91 Å². The van der Waals surface area contributed by atoms with Gasteiger partial charge in [0, 0.05) is 43.4 Å². The predicted molar refractivity (Wildman–Crippen MR) is 113 cm³/mol. The van der Waals surface area contributed by atoms with Crippen molar-refractivity contribution in [1.29, 1.82) is 0 Å². The van der Waals surface area contributed by atoms with Crippen LogP contribution in [0, 0.1) is 0 Å². The van der Waals surface area contributed by atoms with Crippen molar-refractivity contribution >= 4 is 23.0 Å². The zero-order valence-electron chi connectivity index (χ0n) is 16.2. The Bertz CT molecular complexity index is 875. The van der Waals surface area contributed by atoms with Gasteiger partial charge in [-0.3, -0.25) is 9.78 Å². The molecule has 0 saturated heterocycles. The fourth-order valence-corrected chi connectivity index (χ4v) is 2.89. The van der Waals surface area contributed by atoms with Crippen molar-refractivity contribution < 1.29 is 4.79 Å². The summed E-state index contributed by atoms with van der Waals surface area (Å²) in [4.78, 5) is 22.8. The Morgan fingerprint density at radius 1 is 0.929 bits per heavy atom. The monoisotopic (exact) mass is 375 g/mol. The van der Waals surface area contributed by atoms with E-state index in [0.717, 1.165) is 30.0 Å². The molecule has 28 heavy (non-hydrogen) atoms. The van der Waals surface area contributed by atoms with Crippen LogP contribution in [0.3, 0.4) is 0 Å². The number of amides is 1. The SMILES string of the molecule is CCN(CC)c1ccc(Nc2ccc(C(=O)NCc3ccncc3)nc2)cc1. The molecule has 0 unspecified atom stereocenters. The van der Waals surface area contributed by atoms with Crippen molar-refractivity contribution in [3.63, 3.8) is 0 Å². The number of aromatic nitrogens is 2. The van der Waals surface area contributed by atoms with Gasteiger partial charge in [0.2, 0.25) is 0 Å². The summed E-state index contributed by atoms with van der Waals surface area (Å²) in [6.45, 7) is 6.71. The van der Waals surface area contributed by atoms with E-state index >= 15 is 0 Å². The maximum atomic E-state index is 12.2. The second-order valence-electron chi connectivity index (χ2n) is 6.31. The number of pyridine rings is 2. The minimum atomic E-state index is -0.202. The number of hydrogen-bond acceptors (Lipinski definition) is 5. The Balaban J connectivity index is 1.57. The quantitative estimate of drug-likeness (QED) is 0.623. The number of benzene rings is 1. The molecule has 2 aromatic heterocycles. The summed E-state index contributed by atoms with van der Waals surface area (Å²) in [5, 5.41) is 6.17. The van der Waals surface area contributed by atoms with Gasteiger partial charge in [0.25, 0.3) is 5.91 Å². The lowest BCUT2D eigenvalue weighted by atomic mass is 10.2.